The van der Waals surface area contributed by atoms with Crippen molar-refractivity contribution in [2.75, 3.05) is 13.2 Å². The van der Waals surface area contributed by atoms with Gasteiger partial charge in [-0.15, -0.1) is 0 Å². The topological polar surface area (TPSA) is 55.4 Å². The van der Waals surface area contributed by atoms with Gasteiger partial charge in [-0.25, -0.2) is 0 Å². The summed E-state index contributed by atoms with van der Waals surface area (Å²) < 4.78 is 36.1. The van der Waals surface area contributed by atoms with Gasteiger partial charge < -0.3 is 28.4 Å². The fourth-order valence-electron chi connectivity index (χ4n) is 4.30. The van der Waals surface area contributed by atoms with Gasteiger partial charge in [-0.3, -0.25) is 0 Å². The predicted octanol–water partition coefficient (Wildman–Crippen LogP) is 4.54. The molecule has 3 saturated heterocycles. The number of unbranched alkanes of at least 4 members (excludes halogenated alkanes) is 7. The molecule has 6 heteroatoms. The van der Waals surface area contributed by atoms with Crippen molar-refractivity contribution in [3.63, 3.8) is 0 Å². The Hall–Kier alpha value is -0.240. The molecule has 0 spiro atoms. The second kappa shape index (κ2) is 10.7. The van der Waals surface area contributed by atoms with Gasteiger partial charge in [0.15, 0.2) is 18.4 Å². The van der Waals surface area contributed by atoms with Crippen LogP contribution in [0.5, 0.6) is 0 Å². The highest BCUT2D eigenvalue weighted by molar-refractivity contribution is 4.99. The van der Waals surface area contributed by atoms with Crippen LogP contribution in [-0.2, 0) is 28.4 Å². The molecule has 3 rings (SSSR count). The minimum absolute atomic E-state index is 0.140. The molecule has 3 heterocycles. The number of hydrogen-bond donors (Lipinski definition) is 0. The fourth-order valence-corrected chi connectivity index (χ4v) is 4.30. The van der Waals surface area contributed by atoms with Crippen molar-refractivity contribution in [3.8, 4) is 0 Å². The van der Waals surface area contributed by atoms with E-state index in [-0.39, 0.29) is 37.0 Å². The normalized spacial score (nSPS) is 36.4. The van der Waals surface area contributed by atoms with E-state index in [9.17, 15) is 0 Å². The maximum atomic E-state index is 6.10. The van der Waals surface area contributed by atoms with Gasteiger partial charge in [-0.1, -0.05) is 58.8 Å². The molecule has 1 unspecified atom stereocenters. The molecule has 0 amide bonds. The summed E-state index contributed by atoms with van der Waals surface area (Å²) in [6, 6.07) is 0. The second-order valence-corrected chi connectivity index (χ2v) is 8.73. The van der Waals surface area contributed by atoms with Gasteiger partial charge >= 0.3 is 0 Å². The van der Waals surface area contributed by atoms with Crippen molar-refractivity contribution in [1.29, 1.82) is 0 Å². The molecule has 0 aromatic carbocycles. The van der Waals surface area contributed by atoms with Crippen molar-refractivity contribution >= 4 is 0 Å². The largest absolute Gasteiger partial charge is 0.379 e. The van der Waals surface area contributed by atoms with Gasteiger partial charge in [0.1, 0.15) is 24.4 Å². The van der Waals surface area contributed by atoms with Gasteiger partial charge in [-0.2, -0.15) is 0 Å². The average Bonchev–Trinajstić information content (AvgIpc) is 3.15. The number of ether oxygens (including phenoxy) is 6. The van der Waals surface area contributed by atoms with Gasteiger partial charge in [0, 0.05) is 6.61 Å². The number of fused-ring (bicyclic) bond motifs is 3. The summed E-state index contributed by atoms with van der Waals surface area (Å²) in [7, 11) is 0. The quantitative estimate of drug-likeness (QED) is 0.448. The summed E-state index contributed by atoms with van der Waals surface area (Å²) in [5, 5.41) is 0. The monoisotopic (exact) mass is 400 g/mol. The molecule has 3 aliphatic heterocycles. The molecule has 28 heavy (non-hydrogen) atoms. The Kier molecular flexibility index (Phi) is 8.57. The van der Waals surface area contributed by atoms with Crippen LogP contribution in [0.25, 0.3) is 0 Å². The van der Waals surface area contributed by atoms with Crippen LogP contribution in [-0.4, -0.2) is 56.0 Å². The summed E-state index contributed by atoms with van der Waals surface area (Å²) in [5.74, 6) is -0.633. The standard InChI is InChI=1S/C22H40O6/c1-5-7-8-9-10-11-12-13-14-23-15-16-18-19(25-17(6-2)24-16)20-21(26-18)28-22(3,4)27-20/h16-21H,5-15H2,1-4H3/t16-,17?,18-,19+,20-,21-/m1/s1. The molecule has 3 aliphatic rings. The molecular weight excluding hydrogens is 360 g/mol. The third kappa shape index (κ3) is 5.89. The van der Waals surface area contributed by atoms with Crippen molar-refractivity contribution < 1.29 is 28.4 Å². The van der Waals surface area contributed by atoms with E-state index in [0.29, 0.717) is 6.61 Å². The first-order chi connectivity index (χ1) is 13.5. The van der Waals surface area contributed by atoms with E-state index in [4.69, 9.17) is 28.4 Å². The lowest BCUT2D eigenvalue weighted by Crippen LogP contribution is -2.53. The van der Waals surface area contributed by atoms with E-state index in [1.807, 2.05) is 13.8 Å². The van der Waals surface area contributed by atoms with E-state index in [1.54, 1.807) is 0 Å². The molecule has 0 aromatic heterocycles. The van der Waals surface area contributed by atoms with Gasteiger partial charge in [0.05, 0.1) is 6.61 Å². The summed E-state index contributed by atoms with van der Waals surface area (Å²) in [5.41, 5.74) is 0. The Balaban J connectivity index is 1.36. The van der Waals surface area contributed by atoms with Crippen LogP contribution >= 0.6 is 0 Å². The highest BCUT2D eigenvalue weighted by Gasteiger charge is 2.59. The second-order valence-electron chi connectivity index (χ2n) is 8.73. The zero-order valence-corrected chi connectivity index (χ0v) is 18.2. The van der Waals surface area contributed by atoms with Gasteiger partial charge in [-0.05, 0) is 26.7 Å². The zero-order chi connectivity index (χ0) is 20.0. The van der Waals surface area contributed by atoms with Crippen LogP contribution in [0, 0.1) is 0 Å². The number of rotatable bonds is 12. The van der Waals surface area contributed by atoms with Gasteiger partial charge in [0.25, 0.3) is 0 Å². The van der Waals surface area contributed by atoms with E-state index in [0.717, 1.165) is 19.4 Å². The summed E-state index contributed by atoms with van der Waals surface area (Å²) >= 11 is 0. The molecule has 6 nitrogen and oxygen atoms in total. The van der Waals surface area contributed by atoms with Gasteiger partial charge in [0.2, 0.25) is 0 Å². The molecule has 0 N–H and O–H groups in total. The van der Waals surface area contributed by atoms with Crippen molar-refractivity contribution in [1.82, 2.24) is 0 Å². The first-order valence-corrected chi connectivity index (χ1v) is 11.4. The Labute approximate surface area is 170 Å². The molecule has 0 saturated carbocycles. The Morgan fingerprint density at radius 1 is 0.750 bits per heavy atom. The summed E-state index contributed by atoms with van der Waals surface area (Å²) in [4.78, 5) is 0. The first-order valence-electron chi connectivity index (χ1n) is 11.4. The minimum Gasteiger partial charge on any atom is -0.379 e. The Morgan fingerprint density at radius 2 is 1.46 bits per heavy atom. The van der Waals surface area contributed by atoms with Crippen LogP contribution in [0.15, 0.2) is 0 Å². The molecule has 6 atom stereocenters. The molecule has 3 fully saturated rings. The average molecular weight is 401 g/mol. The first kappa shape index (κ1) is 22.4. The SMILES string of the molecule is CCCCCCCCCCOC[C@H]1OC(CC)O[C@@H]2[C@H]3OC(C)(C)O[C@H]3O[C@@H]21. The lowest BCUT2D eigenvalue weighted by molar-refractivity contribution is -0.311. The zero-order valence-electron chi connectivity index (χ0n) is 18.2. The van der Waals surface area contributed by atoms with E-state index < -0.39 is 5.79 Å². The molecule has 0 bridgehead atoms. The molecule has 0 aromatic rings. The third-order valence-corrected chi connectivity index (χ3v) is 5.79. The highest BCUT2D eigenvalue weighted by Crippen LogP contribution is 2.42. The van der Waals surface area contributed by atoms with Crippen molar-refractivity contribution in [2.24, 2.45) is 0 Å². The molecule has 164 valence electrons. The lowest BCUT2D eigenvalue weighted by atomic mass is 10.0. The van der Waals surface area contributed by atoms with Crippen LogP contribution in [0.2, 0.25) is 0 Å². The molecule has 0 aliphatic carbocycles. The maximum absolute atomic E-state index is 6.10. The highest BCUT2D eigenvalue weighted by atomic mass is 16.9. The van der Waals surface area contributed by atoms with Crippen LogP contribution < -0.4 is 0 Å². The van der Waals surface area contributed by atoms with E-state index in [2.05, 4.69) is 13.8 Å². The number of hydrogen-bond acceptors (Lipinski definition) is 6. The molecular formula is C22H40O6. The van der Waals surface area contributed by atoms with Crippen LogP contribution in [0.4, 0.5) is 0 Å². The van der Waals surface area contributed by atoms with Crippen LogP contribution in [0.1, 0.15) is 85.5 Å². The smallest absolute Gasteiger partial charge is 0.190 e. The lowest BCUT2D eigenvalue weighted by Gasteiger charge is -2.39. The van der Waals surface area contributed by atoms with Crippen LogP contribution in [0.3, 0.4) is 0 Å². The predicted molar refractivity (Wildman–Crippen MR) is 106 cm³/mol. The molecule has 0 radical (unpaired) electrons. The van der Waals surface area contributed by atoms with E-state index >= 15 is 0 Å². The van der Waals surface area contributed by atoms with Crippen molar-refractivity contribution in [2.45, 2.75) is 128 Å². The fraction of sp³-hybridized carbons (Fsp3) is 1.00. The summed E-state index contributed by atoms with van der Waals surface area (Å²) in [6.07, 6.45) is 9.87. The maximum Gasteiger partial charge on any atom is 0.190 e. The minimum atomic E-state index is -0.633. The van der Waals surface area contributed by atoms with E-state index in [1.165, 1.54) is 44.9 Å². The Morgan fingerprint density at radius 3 is 2.18 bits per heavy atom. The third-order valence-electron chi connectivity index (χ3n) is 5.79. The Bertz CT molecular complexity index is 456. The van der Waals surface area contributed by atoms with Crippen molar-refractivity contribution in [3.05, 3.63) is 0 Å². The summed E-state index contributed by atoms with van der Waals surface area (Å²) in [6.45, 7) is 9.44.